The van der Waals surface area contributed by atoms with Gasteiger partial charge >= 0.3 is 0 Å². The van der Waals surface area contributed by atoms with Crippen molar-refractivity contribution < 1.29 is 9.59 Å². The summed E-state index contributed by atoms with van der Waals surface area (Å²) in [5, 5.41) is 4.30. The summed E-state index contributed by atoms with van der Waals surface area (Å²) in [4.78, 5) is 24.4. The van der Waals surface area contributed by atoms with Crippen LogP contribution >= 0.6 is 0 Å². The van der Waals surface area contributed by atoms with Gasteiger partial charge < -0.3 is 5.32 Å². The molecule has 0 fully saturated rings. The molecule has 25 heavy (non-hydrogen) atoms. The molecule has 0 bridgehead atoms. The van der Waals surface area contributed by atoms with E-state index in [0.717, 1.165) is 16.8 Å². The van der Waals surface area contributed by atoms with Crippen LogP contribution in [0.2, 0.25) is 0 Å². The number of amides is 2. The normalized spacial score (nSPS) is 15.2. The first-order valence-electron chi connectivity index (χ1n) is 8.30. The molecule has 0 radical (unpaired) electrons. The van der Waals surface area contributed by atoms with Gasteiger partial charge in [0.05, 0.1) is 11.7 Å². The van der Waals surface area contributed by atoms with E-state index in [1.54, 1.807) is 0 Å². The van der Waals surface area contributed by atoms with Gasteiger partial charge in [-0.1, -0.05) is 60.7 Å². The Morgan fingerprint density at radius 2 is 1.76 bits per heavy atom. The molecule has 1 atom stereocenters. The van der Waals surface area contributed by atoms with Crippen LogP contribution in [-0.2, 0) is 9.59 Å². The van der Waals surface area contributed by atoms with E-state index in [-0.39, 0.29) is 30.8 Å². The SMILES string of the molecule is CC(NC(=O)CN1NC(c2ccccc2)=CCC1=O)c1ccccc1. The minimum absolute atomic E-state index is 0.0276. The van der Waals surface area contributed by atoms with E-state index in [4.69, 9.17) is 0 Å². The van der Waals surface area contributed by atoms with Crippen molar-refractivity contribution in [2.45, 2.75) is 19.4 Å². The average Bonchev–Trinajstić information content (AvgIpc) is 2.65. The van der Waals surface area contributed by atoms with Gasteiger partial charge in [-0.05, 0) is 24.1 Å². The van der Waals surface area contributed by atoms with Crippen molar-refractivity contribution in [2.75, 3.05) is 6.54 Å². The van der Waals surface area contributed by atoms with E-state index in [0.29, 0.717) is 0 Å². The molecule has 0 saturated carbocycles. The molecule has 2 aromatic rings. The number of rotatable bonds is 5. The molecule has 0 aromatic heterocycles. The van der Waals surface area contributed by atoms with Crippen molar-refractivity contribution >= 4 is 17.5 Å². The minimum atomic E-state index is -0.202. The lowest BCUT2D eigenvalue weighted by atomic mass is 10.1. The number of benzene rings is 2. The lowest BCUT2D eigenvalue weighted by Gasteiger charge is -2.29. The maximum atomic E-state index is 12.3. The number of nitrogens with one attached hydrogen (secondary N) is 2. The Balaban J connectivity index is 1.61. The minimum Gasteiger partial charge on any atom is -0.348 e. The molecule has 0 saturated heterocycles. The van der Waals surface area contributed by atoms with Gasteiger partial charge in [-0.15, -0.1) is 0 Å². The van der Waals surface area contributed by atoms with Gasteiger partial charge in [0.2, 0.25) is 11.8 Å². The van der Waals surface area contributed by atoms with E-state index in [2.05, 4.69) is 10.7 Å². The zero-order valence-corrected chi connectivity index (χ0v) is 14.1. The summed E-state index contributed by atoms with van der Waals surface area (Å²) in [6.45, 7) is 1.90. The van der Waals surface area contributed by atoms with Gasteiger partial charge in [-0.3, -0.25) is 15.0 Å². The van der Waals surface area contributed by atoms with Crippen LogP contribution in [0.4, 0.5) is 0 Å². The number of hydrazine groups is 1. The maximum absolute atomic E-state index is 12.3. The molecule has 1 aliphatic rings. The maximum Gasteiger partial charge on any atom is 0.245 e. The largest absolute Gasteiger partial charge is 0.348 e. The third-order valence-corrected chi connectivity index (χ3v) is 4.10. The highest BCUT2D eigenvalue weighted by Gasteiger charge is 2.22. The van der Waals surface area contributed by atoms with E-state index >= 15 is 0 Å². The van der Waals surface area contributed by atoms with Crippen LogP contribution in [0.5, 0.6) is 0 Å². The smallest absolute Gasteiger partial charge is 0.245 e. The topological polar surface area (TPSA) is 61.4 Å². The fourth-order valence-corrected chi connectivity index (χ4v) is 2.74. The van der Waals surface area contributed by atoms with E-state index in [9.17, 15) is 9.59 Å². The van der Waals surface area contributed by atoms with E-state index in [1.807, 2.05) is 73.7 Å². The van der Waals surface area contributed by atoms with Crippen molar-refractivity contribution in [1.29, 1.82) is 0 Å². The predicted molar refractivity (Wildman–Crippen MR) is 96.9 cm³/mol. The number of hydrogen-bond acceptors (Lipinski definition) is 3. The molecule has 1 unspecified atom stereocenters. The highest BCUT2D eigenvalue weighted by Crippen LogP contribution is 2.17. The third-order valence-electron chi connectivity index (χ3n) is 4.10. The Hall–Kier alpha value is -3.08. The van der Waals surface area contributed by atoms with Gasteiger partial charge in [0.15, 0.2) is 0 Å². The first-order chi connectivity index (χ1) is 12.1. The average molecular weight is 335 g/mol. The van der Waals surface area contributed by atoms with Crippen LogP contribution in [0.3, 0.4) is 0 Å². The molecule has 0 spiro atoms. The molecule has 5 heteroatoms. The van der Waals surface area contributed by atoms with E-state index in [1.165, 1.54) is 5.01 Å². The predicted octanol–water partition coefficient (Wildman–Crippen LogP) is 2.64. The van der Waals surface area contributed by atoms with Crippen LogP contribution in [0.25, 0.3) is 5.70 Å². The highest BCUT2D eigenvalue weighted by atomic mass is 16.2. The number of carbonyl (C=O) groups excluding carboxylic acids is 2. The Labute approximate surface area is 147 Å². The number of nitrogens with zero attached hydrogens (tertiary/aromatic N) is 1. The third kappa shape index (κ3) is 4.26. The molecule has 2 aromatic carbocycles. The number of hydrogen-bond donors (Lipinski definition) is 2. The van der Waals surface area contributed by atoms with Gasteiger partial charge in [-0.25, -0.2) is 5.01 Å². The van der Waals surface area contributed by atoms with E-state index < -0.39 is 0 Å². The van der Waals surface area contributed by atoms with Crippen LogP contribution < -0.4 is 10.7 Å². The fraction of sp³-hybridized carbons (Fsp3) is 0.200. The molecule has 1 aliphatic heterocycles. The molecule has 2 N–H and O–H groups in total. The lowest BCUT2D eigenvalue weighted by molar-refractivity contribution is -0.138. The van der Waals surface area contributed by atoms with Crippen molar-refractivity contribution in [2.24, 2.45) is 0 Å². The lowest BCUT2D eigenvalue weighted by Crippen LogP contribution is -2.49. The standard InChI is InChI=1S/C20H21N3O2/c1-15(16-8-4-2-5-9-16)21-19(24)14-23-20(25)13-12-18(22-23)17-10-6-3-7-11-17/h2-12,15,22H,13-14H2,1H3,(H,21,24). The summed E-state index contributed by atoms with van der Waals surface area (Å²) < 4.78 is 0. The zero-order valence-electron chi connectivity index (χ0n) is 14.1. The molecular weight excluding hydrogens is 314 g/mol. The van der Waals surface area contributed by atoms with Gasteiger partial charge in [-0.2, -0.15) is 0 Å². The molecule has 1 heterocycles. The second kappa shape index (κ2) is 7.66. The molecule has 128 valence electrons. The summed E-state index contributed by atoms with van der Waals surface area (Å²) >= 11 is 0. The fourth-order valence-electron chi connectivity index (χ4n) is 2.74. The second-order valence-corrected chi connectivity index (χ2v) is 5.98. The highest BCUT2D eigenvalue weighted by molar-refractivity contribution is 5.88. The zero-order chi connectivity index (χ0) is 17.6. The van der Waals surface area contributed by atoms with Crippen LogP contribution in [0, 0.1) is 0 Å². The first kappa shape index (κ1) is 16.8. The first-order valence-corrected chi connectivity index (χ1v) is 8.30. The molecule has 2 amide bonds. The van der Waals surface area contributed by atoms with Gasteiger partial charge in [0, 0.05) is 6.42 Å². The van der Waals surface area contributed by atoms with Gasteiger partial charge in [0.1, 0.15) is 6.54 Å². The number of carbonyl (C=O) groups is 2. The van der Waals surface area contributed by atoms with Crippen molar-refractivity contribution in [1.82, 2.24) is 15.8 Å². The van der Waals surface area contributed by atoms with Crippen LogP contribution in [0.15, 0.2) is 66.7 Å². The monoisotopic (exact) mass is 335 g/mol. The summed E-state index contributed by atoms with van der Waals surface area (Å²) in [5.41, 5.74) is 5.90. The van der Waals surface area contributed by atoms with Crippen molar-refractivity contribution in [3.63, 3.8) is 0 Å². The van der Waals surface area contributed by atoms with Crippen LogP contribution in [-0.4, -0.2) is 23.4 Å². The molecule has 5 nitrogen and oxygen atoms in total. The Kier molecular flexibility index (Phi) is 5.14. The summed E-state index contributed by atoms with van der Waals surface area (Å²) in [5.74, 6) is -0.325. The summed E-state index contributed by atoms with van der Waals surface area (Å²) in [6, 6.07) is 19.4. The molecule has 0 aliphatic carbocycles. The summed E-state index contributed by atoms with van der Waals surface area (Å²) in [6.07, 6.45) is 2.12. The van der Waals surface area contributed by atoms with Crippen molar-refractivity contribution in [3.05, 3.63) is 77.9 Å². The molecule has 3 rings (SSSR count). The van der Waals surface area contributed by atoms with Crippen molar-refractivity contribution in [3.8, 4) is 0 Å². The Bertz CT molecular complexity index is 772. The molecular formula is C20H21N3O2. The Morgan fingerprint density at radius 3 is 2.44 bits per heavy atom. The summed E-state index contributed by atoms with van der Waals surface area (Å²) in [7, 11) is 0. The van der Waals surface area contributed by atoms with Gasteiger partial charge in [0.25, 0.3) is 0 Å². The second-order valence-electron chi connectivity index (χ2n) is 5.98. The quantitative estimate of drug-likeness (QED) is 0.883. The Morgan fingerprint density at radius 1 is 1.12 bits per heavy atom. The van der Waals surface area contributed by atoms with Crippen LogP contribution in [0.1, 0.15) is 30.5 Å².